The molecule has 1 aromatic carbocycles. The minimum Gasteiger partial charge on any atom is -0.316 e. The number of hydrogen-bond acceptors (Lipinski definition) is 2. The van der Waals surface area contributed by atoms with Crippen LogP contribution in [-0.4, -0.2) is 31.1 Å². The van der Waals surface area contributed by atoms with Gasteiger partial charge in [0, 0.05) is 25.7 Å². The van der Waals surface area contributed by atoms with E-state index >= 15 is 0 Å². The predicted octanol–water partition coefficient (Wildman–Crippen LogP) is 2.51. The molecule has 98 valence electrons. The fraction of sp³-hybridized carbons (Fsp3) is 0.625. The summed E-state index contributed by atoms with van der Waals surface area (Å²) in [4.78, 5) is 2.66. The fourth-order valence-corrected chi connectivity index (χ4v) is 3.98. The Kier molecular flexibility index (Phi) is 3.67. The molecule has 2 unspecified atom stereocenters. The Labute approximate surface area is 110 Å². The van der Waals surface area contributed by atoms with E-state index < -0.39 is 0 Å². The molecule has 1 N–H and O–H groups in total. The smallest absolute Gasteiger partial charge is 0.0233 e. The molecule has 2 atom stereocenters. The molecule has 2 nitrogen and oxygen atoms in total. The van der Waals surface area contributed by atoms with E-state index in [1.165, 1.54) is 37.9 Å². The topological polar surface area (TPSA) is 15.3 Å². The van der Waals surface area contributed by atoms with Crippen LogP contribution in [0.15, 0.2) is 30.3 Å². The van der Waals surface area contributed by atoms with Gasteiger partial charge in [-0.25, -0.2) is 0 Å². The molecule has 18 heavy (non-hydrogen) atoms. The Morgan fingerprint density at radius 2 is 1.78 bits per heavy atom. The quantitative estimate of drug-likeness (QED) is 0.879. The van der Waals surface area contributed by atoms with E-state index in [1.54, 1.807) is 0 Å². The van der Waals surface area contributed by atoms with Gasteiger partial charge in [0.15, 0.2) is 0 Å². The van der Waals surface area contributed by atoms with Crippen molar-refractivity contribution in [2.45, 2.75) is 31.8 Å². The average molecular weight is 244 g/mol. The van der Waals surface area contributed by atoms with E-state index in [0.717, 1.165) is 24.4 Å². The number of likely N-dealkylation sites (tertiary alicyclic amines) is 1. The van der Waals surface area contributed by atoms with Crippen LogP contribution < -0.4 is 5.32 Å². The molecule has 2 fully saturated rings. The van der Waals surface area contributed by atoms with Crippen molar-refractivity contribution in [2.75, 3.05) is 20.1 Å². The number of nitrogens with one attached hydrogen (secondary N) is 1. The van der Waals surface area contributed by atoms with E-state index in [4.69, 9.17) is 0 Å². The monoisotopic (exact) mass is 244 g/mol. The fourth-order valence-electron chi connectivity index (χ4n) is 3.98. The van der Waals surface area contributed by atoms with Crippen LogP contribution >= 0.6 is 0 Å². The van der Waals surface area contributed by atoms with Crippen LogP contribution in [0.5, 0.6) is 0 Å². The van der Waals surface area contributed by atoms with E-state index in [9.17, 15) is 0 Å². The summed E-state index contributed by atoms with van der Waals surface area (Å²) < 4.78 is 0. The van der Waals surface area contributed by atoms with Crippen LogP contribution in [0.1, 0.15) is 24.8 Å². The largest absolute Gasteiger partial charge is 0.316 e. The molecule has 1 aromatic rings. The molecular weight excluding hydrogens is 220 g/mol. The van der Waals surface area contributed by atoms with E-state index in [2.05, 4.69) is 47.6 Å². The summed E-state index contributed by atoms with van der Waals surface area (Å²) >= 11 is 0. The van der Waals surface area contributed by atoms with Gasteiger partial charge in [-0.1, -0.05) is 36.8 Å². The molecule has 2 heteroatoms. The average Bonchev–Trinajstić information content (AvgIpc) is 2.39. The van der Waals surface area contributed by atoms with Gasteiger partial charge in [0.2, 0.25) is 0 Å². The maximum Gasteiger partial charge on any atom is 0.0233 e. The SMILES string of the molecule is CNC1C2CCCC1CN(Cc1ccccc1)C2. The number of hydrogen-bond donors (Lipinski definition) is 1. The zero-order chi connectivity index (χ0) is 12.4. The minimum atomic E-state index is 0.769. The first-order chi connectivity index (χ1) is 8.86. The van der Waals surface area contributed by atoms with Crippen molar-refractivity contribution in [2.24, 2.45) is 11.8 Å². The first-order valence-corrected chi connectivity index (χ1v) is 7.30. The van der Waals surface area contributed by atoms with Gasteiger partial charge in [0.05, 0.1) is 0 Å². The van der Waals surface area contributed by atoms with Crippen molar-refractivity contribution < 1.29 is 0 Å². The molecule has 0 amide bonds. The third-order valence-electron chi connectivity index (χ3n) is 4.73. The number of piperidine rings is 1. The molecule has 0 aromatic heterocycles. The molecule has 1 saturated heterocycles. The first kappa shape index (κ1) is 12.2. The molecule has 1 aliphatic heterocycles. The first-order valence-electron chi connectivity index (χ1n) is 7.30. The maximum atomic E-state index is 3.56. The van der Waals surface area contributed by atoms with E-state index in [1.807, 2.05) is 0 Å². The third kappa shape index (κ3) is 2.45. The molecule has 1 heterocycles. The van der Waals surface area contributed by atoms with Crippen LogP contribution in [0.2, 0.25) is 0 Å². The highest BCUT2D eigenvalue weighted by Gasteiger charge is 2.38. The summed E-state index contributed by atoms with van der Waals surface area (Å²) in [6.45, 7) is 3.68. The van der Waals surface area contributed by atoms with Crippen molar-refractivity contribution in [3.8, 4) is 0 Å². The molecule has 2 aliphatic rings. The Hall–Kier alpha value is -0.860. The molecule has 0 radical (unpaired) electrons. The summed E-state index contributed by atoms with van der Waals surface area (Å²) in [5, 5.41) is 3.56. The molecule has 1 saturated carbocycles. The highest BCUT2D eigenvalue weighted by atomic mass is 15.2. The van der Waals surface area contributed by atoms with Crippen LogP contribution in [0, 0.1) is 11.8 Å². The second-order valence-corrected chi connectivity index (χ2v) is 5.95. The number of rotatable bonds is 3. The van der Waals surface area contributed by atoms with Gasteiger partial charge < -0.3 is 5.32 Å². The summed E-state index contributed by atoms with van der Waals surface area (Å²) in [5.41, 5.74) is 1.46. The number of benzene rings is 1. The number of nitrogens with zero attached hydrogens (tertiary/aromatic N) is 1. The molecular formula is C16H24N2. The van der Waals surface area contributed by atoms with Gasteiger partial charge in [-0.15, -0.1) is 0 Å². The third-order valence-corrected chi connectivity index (χ3v) is 4.73. The minimum absolute atomic E-state index is 0.769. The predicted molar refractivity (Wildman–Crippen MR) is 75.4 cm³/mol. The van der Waals surface area contributed by atoms with Crippen molar-refractivity contribution >= 4 is 0 Å². The Bertz CT molecular complexity index is 362. The van der Waals surface area contributed by atoms with Crippen LogP contribution in [-0.2, 0) is 6.54 Å². The summed E-state index contributed by atoms with van der Waals surface area (Å²) in [7, 11) is 2.14. The highest BCUT2D eigenvalue weighted by Crippen LogP contribution is 2.35. The molecule has 0 spiro atoms. The van der Waals surface area contributed by atoms with Crippen molar-refractivity contribution in [1.82, 2.24) is 10.2 Å². The van der Waals surface area contributed by atoms with E-state index in [0.29, 0.717) is 0 Å². The number of fused-ring (bicyclic) bond motifs is 2. The summed E-state index contributed by atoms with van der Waals surface area (Å²) in [6.07, 6.45) is 4.26. The highest BCUT2D eigenvalue weighted by molar-refractivity contribution is 5.14. The van der Waals surface area contributed by atoms with Crippen LogP contribution in [0.3, 0.4) is 0 Å². The second kappa shape index (κ2) is 5.41. The lowest BCUT2D eigenvalue weighted by molar-refractivity contribution is 0.0457. The maximum absolute atomic E-state index is 3.56. The van der Waals surface area contributed by atoms with Gasteiger partial charge in [-0.3, -0.25) is 4.90 Å². The van der Waals surface area contributed by atoms with Gasteiger partial charge in [-0.2, -0.15) is 0 Å². The lowest BCUT2D eigenvalue weighted by Gasteiger charge is -2.47. The lowest BCUT2D eigenvalue weighted by atomic mass is 9.73. The van der Waals surface area contributed by atoms with Crippen molar-refractivity contribution in [3.63, 3.8) is 0 Å². The summed E-state index contributed by atoms with van der Waals surface area (Å²) in [6, 6.07) is 11.7. The van der Waals surface area contributed by atoms with Gasteiger partial charge in [-0.05, 0) is 37.3 Å². The second-order valence-electron chi connectivity index (χ2n) is 5.95. The Balaban J connectivity index is 1.66. The van der Waals surface area contributed by atoms with Gasteiger partial charge >= 0.3 is 0 Å². The molecule has 2 bridgehead atoms. The van der Waals surface area contributed by atoms with Gasteiger partial charge in [0.1, 0.15) is 0 Å². The zero-order valence-corrected chi connectivity index (χ0v) is 11.3. The van der Waals surface area contributed by atoms with Crippen molar-refractivity contribution in [3.05, 3.63) is 35.9 Å². The Morgan fingerprint density at radius 3 is 2.39 bits per heavy atom. The van der Waals surface area contributed by atoms with Crippen LogP contribution in [0.25, 0.3) is 0 Å². The van der Waals surface area contributed by atoms with Crippen molar-refractivity contribution in [1.29, 1.82) is 0 Å². The zero-order valence-electron chi connectivity index (χ0n) is 11.3. The normalized spacial score (nSPS) is 32.4. The standard InChI is InChI=1S/C16H24N2/c1-17-16-14-8-5-9-15(16)12-18(11-14)10-13-6-3-2-4-7-13/h2-4,6-7,14-17H,5,8-12H2,1H3. The lowest BCUT2D eigenvalue weighted by Crippen LogP contribution is -2.55. The van der Waals surface area contributed by atoms with E-state index in [-0.39, 0.29) is 0 Å². The van der Waals surface area contributed by atoms with Crippen LogP contribution in [0.4, 0.5) is 0 Å². The van der Waals surface area contributed by atoms with Gasteiger partial charge in [0.25, 0.3) is 0 Å². The molecule has 3 rings (SSSR count). The summed E-state index contributed by atoms with van der Waals surface area (Å²) in [5.74, 6) is 1.73. The molecule has 1 aliphatic carbocycles. The Morgan fingerprint density at radius 1 is 1.11 bits per heavy atom.